The number of nitrogens with one attached hydrogen (secondary N) is 1. The summed E-state index contributed by atoms with van der Waals surface area (Å²) in [5.41, 5.74) is 1.27. The number of fused-ring (bicyclic) bond motifs is 1. The van der Waals surface area contributed by atoms with E-state index < -0.39 is 15.1 Å². The third-order valence-electron chi connectivity index (χ3n) is 5.77. The molecule has 31 heavy (non-hydrogen) atoms. The highest BCUT2D eigenvalue weighted by Crippen LogP contribution is 2.30. The van der Waals surface area contributed by atoms with E-state index in [0.717, 1.165) is 18.2 Å². The van der Waals surface area contributed by atoms with Crippen LogP contribution in [0, 0.1) is 0 Å². The highest BCUT2D eigenvalue weighted by molar-refractivity contribution is 8.00. The predicted octanol–water partition coefficient (Wildman–Crippen LogP) is 2.64. The van der Waals surface area contributed by atoms with Crippen molar-refractivity contribution in [3.8, 4) is 0 Å². The molecule has 0 spiro atoms. The Morgan fingerprint density at radius 3 is 2.65 bits per heavy atom. The van der Waals surface area contributed by atoms with Gasteiger partial charge in [0.1, 0.15) is 0 Å². The molecule has 2 fully saturated rings. The molecule has 1 aliphatic heterocycles. The molecule has 1 saturated heterocycles. The van der Waals surface area contributed by atoms with Gasteiger partial charge in [0, 0.05) is 24.0 Å². The van der Waals surface area contributed by atoms with Crippen LogP contribution in [0.1, 0.15) is 43.5 Å². The molecular formula is C22H27N3O4S2. The number of thioether (sulfide) groups is 1. The number of pyridine rings is 1. The number of hydrogen-bond acceptors (Lipinski definition) is 6. The molecule has 166 valence electrons. The molecule has 2 atom stereocenters. The van der Waals surface area contributed by atoms with Crippen LogP contribution in [0.5, 0.6) is 0 Å². The lowest BCUT2D eigenvalue weighted by Gasteiger charge is -2.29. The van der Waals surface area contributed by atoms with Gasteiger partial charge in [-0.3, -0.25) is 9.59 Å². The van der Waals surface area contributed by atoms with Gasteiger partial charge in [-0.25, -0.2) is 13.4 Å². The number of carbonyl (C=O) groups is 2. The number of nitrogens with zero attached hydrogens (tertiary/aromatic N) is 2. The van der Waals surface area contributed by atoms with Crippen LogP contribution in [0.25, 0.3) is 10.9 Å². The molecule has 1 aliphatic carbocycles. The Balaban J connectivity index is 1.55. The van der Waals surface area contributed by atoms with E-state index in [4.69, 9.17) is 0 Å². The Morgan fingerprint density at radius 2 is 2.00 bits per heavy atom. The summed E-state index contributed by atoms with van der Waals surface area (Å²) in [4.78, 5) is 32.2. The number of hydrogen-bond donors (Lipinski definition) is 1. The van der Waals surface area contributed by atoms with Crippen molar-refractivity contribution in [2.45, 2.75) is 55.5 Å². The predicted molar refractivity (Wildman–Crippen MR) is 122 cm³/mol. The van der Waals surface area contributed by atoms with Crippen LogP contribution in [0.2, 0.25) is 0 Å². The van der Waals surface area contributed by atoms with Crippen LogP contribution in [0.15, 0.2) is 35.4 Å². The van der Waals surface area contributed by atoms with Crippen molar-refractivity contribution >= 4 is 44.3 Å². The smallest absolute Gasteiger partial charge is 0.252 e. The van der Waals surface area contributed by atoms with Crippen LogP contribution >= 0.6 is 11.8 Å². The van der Waals surface area contributed by atoms with Crippen molar-refractivity contribution < 1.29 is 18.0 Å². The number of sulfone groups is 1. The number of amides is 2. The number of para-hydroxylation sites is 1. The van der Waals surface area contributed by atoms with Crippen molar-refractivity contribution in [2.24, 2.45) is 0 Å². The zero-order chi connectivity index (χ0) is 22.2. The largest absolute Gasteiger partial charge is 0.349 e. The second-order valence-electron chi connectivity index (χ2n) is 8.21. The van der Waals surface area contributed by atoms with Crippen molar-refractivity contribution in [3.05, 3.63) is 35.9 Å². The average Bonchev–Trinajstić information content (AvgIpc) is 3.48. The Morgan fingerprint density at radius 1 is 1.26 bits per heavy atom. The maximum Gasteiger partial charge on any atom is 0.252 e. The molecule has 2 amide bonds. The summed E-state index contributed by atoms with van der Waals surface area (Å²) in [6, 6.07) is 9.23. The molecule has 2 aromatic rings. The van der Waals surface area contributed by atoms with E-state index in [9.17, 15) is 18.0 Å². The van der Waals surface area contributed by atoms with Crippen LogP contribution in [-0.4, -0.2) is 65.5 Å². The van der Waals surface area contributed by atoms with Crippen molar-refractivity contribution in [1.29, 1.82) is 0 Å². The minimum Gasteiger partial charge on any atom is -0.349 e. The van der Waals surface area contributed by atoms with Crippen LogP contribution in [-0.2, 0) is 14.6 Å². The third kappa shape index (κ3) is 5.03. The monoisotopic (exact) mass is 461 g/mol. The van der Waals surface area contributed by atoms with Gasteiger partial charge in [0.05, 0.1) is 32.9 Å². The first-order valence-corrected chi connectivity index (χ1v) is 13.4. The second kappa shape index (κ2) is 8.78. The first-order valence-electron chi connectivity index (χ1n) is 10.7. The van der Waals surface area contributed by atoms with E-state index in [0.29, 0.717) is 29.1 Å². The van der Waals surface area contributed by atoms with Gasteiger partial charge >= 0.3 is 0 Å². The standard InChI is InChI=1S/C22H27N3O4S2/c1-3-25(16-10-11-31(28,29)13-16)22(27)14(2)30-20-12-18(21(26)23-15-8-9-15)17-6-4-5-7-19(17)24-20/h4-7,12,14-16H,3,8-11,13H2,1-2H3,(H,23,26)/t14-,16+/m1/s1. The SMILES string of the molecule is CCN(C(=O)[C@@H](C)Sc1cc(C(=O)NC2CC2)c2ccccc2n1)[C@H]1CCS(=O)(=O)C1. The average molecular weight is 462 g/mol. The van der Waals surface area contributed by atoms with Gasteiger partial charge in [-0.05, 0) is 45.2 Å². The highest BCUT2D eigenvalue weighted by atomic mass is 32.2. The molecule has 0 bridgehead atoms. The van der Waals surface area contributed by atoms with Gasteiger partial charge in [-0.15, -0.1) is 0 Å². The molecule has 2 aliphatic rings. The zero-order valence-corrected chi connectivity index (χ0v) is 19.3. The van der Waals surface area contributed by atoms with E-state index in [1.54, 1.807) is 17.9 Å². The molecular weight excluding hydrogens is 434 g/mol. The lowest BCUT2D eigenvalue weighted by atomic mass is 10.1. The van der Waals surface area contributed by atoms with E-state index in [-0.39, 0.29) is 35.4 Å². The van der Waals surface area contributed by atoms with Gasteiger partial charge in [-0.2, -0.15) is 0 Å². The Hall–Kier alpha value is -2.13. The quantitative estimate of drug-likeness (QED) is 0.637. The van der Waals surface area contributed by atoms with Gasteiger partial charge < -0.3 is 10.2 Å². The Labute approximate surface area is 186 Å². The first-order chi connectivity index (χ1) is 14.8. The summed E-state index contributed by atoms with van der Waals surface area (Å²) in [5.74, 6) is -0.0555. The maximum absolute atomic E-state index is 13.1. The summed E-state index contributed by atoms with van der Waals surface area (Å²) >= 11 is 1.30. The highest BCUT2D eigenvalue weighted by Gasteiger charge is 2.35. The van der Waals surface area contributed by atoms with E-state index in [1.165, 1.54) is 11.8 Å². The molecule has 0 unspecified atom stereocenters. The van der Waals surface area contributed by atoms with Gasteiger partial charge in [-0.1, -0.05) is 30.0 Å². The topological polar surface area (TPSA) is 96.4 Å². The molecule has 2 heterocycles. The molecule has 1 aromatic heterocycles. The summed E-state index contributed by atoms with van der Waals surface area (Å²) in [5, 5.41) is 3.98. The van der Waals surface area contributed by atoms with Gasteiger partial charge in [0.15, 0.2) is 9.84 Å². The minimum absolute atomic E-state index is 0.0314. The molecule has 1 N–H and O–H groups in total. The van der Waals surface area contributed by atoms with E-state index in [2.05, 4.69) is 10.3 Å². The van der Waals surface area contributed by atoms with E-state index >= 15 is 0 Å². The molecule has 0 radical (unpaired) electrons. The first kappa shape index (κ1) is 22.1. The van der Waals surface area contributed by atoms with Gasteiger partial charge in [0.2, 0.25) is 5.91 Å². The Kier molecular flexibility index (Phi) is 6.25. The third-order valence-corrected chi connectivity index (χ3v) is 8.52. The number of carbonyl (C=O) groups excluding carboxylic acids is 2. The molecule has 9 heteroatoms. The van der Waals surface area contributed by atoms with Gasteiger partial charge in [0.25, 0.3) is 5.91 Å². The zero-order valence-electron chi connectivity index (χ0n) is 17.7. The summed E-state index contributed by atoms with van der Waals surface area (Å²) in [6.45, 7) is 4.14. The summed E-state index contributed by atoms with van der Waals surface area (Å²) in [6.07, 6.45) is 2.50. The van der Waals surface area contributed by atoms with E-state index in [1.807, 2.05) is 31.2 Å². The van der Waals surface area contributed by atoms with Crippen molar-refractivity contribution in [2.75, 3.05) is 18.1 Å². The fourth-order valence-corrected chi connectivity index (χ4v) is 6.64. The lowest BCUT2D eigenvalue weighted by Crippen LogP contribution is -2.44. The number of benzene rings is 1. The summed E-state index contributed by atoms with van der Waals surface area (Å²) in [7, 11) is -3.07. The fourth-order valence-electron chi connectivity index (χ4n) is 3.97. The molecule has 4 rings (SSSR count). The maximum atomic E-state index is 13.1. The van der Waals surface area contributed by atoms with Crippen molar-refractivity contribution in [3.63, 3.8) is 0 Å². The normalized spacial score (nSPS) is 21.0. The van der Waals surface area contributed by atoms with Crippen LogP contribution in [0.4, 0.5) is 0 Å². The fraction of sp³-hybridized carbons (Fsp3) is 0.500. The van der Waals surface area contributed by atoms with Crippen molar-refractivity contribution in [1.82, 2.24) is 15.2 Å². The Bertz CT molecular complexity index is 1110. The molecule has 7 nitrogen and oxygen atoms in total. The number of rotatable bonds is 7. The minimum atomic E-state index is -3.07. The molecule has 1 aromatic carbocycles. The van der Waals surface area contributed by atoms with Crippen LogP contribution < -0.4 is 5.32 Å². The second-order valence-corrected chi connectivity index (χ2v) is 11.8. The number of aromatic nitrogens is 1. The molecule has 1 saturated carbocycles. The summed E-state index contributed by atoms with van der Waals surface area (Å²) < 4.78 is 23.7. The van der Waals surface area contributed by atoms with Crippen LogP contribution in [0.3, 0.4) is 0 Å². The lowest BCUT2D eigenvalue weighted by molar-refractivity contribution is -0.131.